The Hall–Kier alpha value is -3.43. The molecule has 3 amide bonds. The molecule has 3 aliphatic heterocycles. The molecule has 208 valence electrons. The molecule has 0 aliphatic carbocycles. The molecule has 6 atom stereocenters. The summed E-state index contributed by atoms with van der Waals surface area (Å²) in [5.41, 5.74) is -0.409. The lowest BCUT2D eigenvalue weighted by molar-refractivity contribution is -0.146. The third-order valence-electron chi connectivity index (χ3n) is 7.91. The fraction of sp³-hybridized carbons (Fsp3) is 0.500. The second-order valence-electron chi connectivity index (χ2n) is 11.6. The lowest BCUT2D eigenvalue weighted by Crippen LogP contribution is -2.59. The third kappa shape index (κ3) is 4.78. The van der Waals surface area contributed by atoms with Crippen LogP contribution in [0.25, 0.3) is 0 Å². The van der Waals surface area contributed by atoms with Gasteiger partial charge in [-0.25, -0.2) is 0 Å². The summed E-state index contributed by atoms with van der Waals surface area (Å²) in [5, 5.41) is 16.5. The van der Waals surface area contributed by atoms with E-state index in [0.717, 1.165) is 0 Å². The number of aliphatic hydroxyl groups is 1. The second kappa shape index (κ2) is 10.3. The van der Waals surface area contributed by atoms with Crippen molar-refractivity contribution in [3.63, 3.8) is 0 Å². The normalized spacial score (nSPS) is 28.2. The number of hydrogen-bond donors (Lipinski definition) is 3. The van der Waals surface area contributed by atoms with Crippen molar-refractivity contribution < 1.29 is 29.0 Å². The molecule has 1 spiro atoms. The molecule has 3 saturated heterocycles. The highest BCUT2D eigenvalue weighted by Crippen LogP contribution is 2.59. The van der Waals surface area contributed by atoms with Crippen LogP contribution in [-0.2, 0) is 19.1 Å². The molecule has 39 heavy (non-hydrogen) atoms. The standard InChI is InChI=1S/C30H37N3O6/c1-5-38-20-13-11-19(12-14-20)31-26(35)23-22-15-16-30(39-22)24(23)28(37)33(25(30)27(36)32-29(2,3)4)21(17-34)18-9-7-6-8-10-18/h6-14,21-25,34H,5,15-17H2,1-4H3,(H,31,35)(H,32,36)/t21-,22+,23-,24+,25?,30?/m1/s1. The highest BCUT2D eigenvalue weighted by Gasteiger charge is 2.75. The zero-order valence-electron chi connectivity index (χ0n) is 22.8. The Morgan fingerprint density at radius 3 is 2.44 bits per heavy atom. The van der Waals surface area contributed by atoms with E-state index >= 15 is 0 Å². The minimum absolute atomic E-state index is 0.318. The second-order valence-corrected chi connectivity index (χ2v) is 11.6. The molecule has 3 N–H and O–H groups in total. The number of anilines is 1. The van der Waals surface area contributed by atoms with Crippen molar-refractivity contribution >= 4 is 23.4 Å². The van der Waals surface area contributed by atoms with Gasteiger partial charge in [0.25, 0.3) is 0 Å². The number of carbonyl (C=O) groups is 3. The third-order valence-corrected chi connectivity index (χ3v) is 7.91. The summed E-state index contributed by atoms with van der Waals surface area (Å²) in [6.45, 7) is 7.70. The highest BCUT2D eigenvalue weighted by atomic mass is 16.5. The molecule has 3 fully saturated rings. The number of rotatable bonds is 8. The maximum Gasteiger partial charge on any atom is 0.246 e. The molecule has 2 aromatic carbocycles. The first-order valence-corrected chi connectivity index (χ1v) is 13.6. The van der Waals surface area contributed by atoms with E-state index < -0.39 is 41.2 Å². The maximum atomic E-state index is 14.3. The average Bonchev–Trinajstić information content (AvgIpc) is 3.53. The van der Waals surface area contributed by atoms with Gasteiger partial charge in [0.1, 0.15) is 17.4 Å². The predicted octanol–water partition coefficient (Wildman–Crippen LogP) is 3.05. The van der Waals surface area contributed by atoms with Crippen LogP contribution in [0.2, 0.25) is 0 Å². The minimum Gasteiger partial charge on any atom is -0.494 e. The van der Waals surface area contributed by atoms with E-state index in [4.69, 9.17) is 9.47 Å². The van der Waals surface area contributed by atoms with Gasteiger partial charge in [0.15, 0.2) is 0 Å². The van der Waals surface area contributed by atoms with Gasteiger partial charge in [0.05, 0.1) is 37.2 Å². The maximum absolute atomic E-state index is 14.3. The van der Waals surface area contributed by atoms with E-state index in [1.807, 2.05) is 58.0 Å². The number of aliphatic hydroxyl groups excluding tert-OH is 1. The molecular formula is C30H37N3O6. The van der Waals surface area contributed by atoms with Crippen molar-refractivity contribution in [2.24, 2.45) is 11.8 Å². The number of benzene rings is 2. The first-order chi connectivity index (χ1) is 18.6. The van der Waals surface area contributed by atoms with Crippen LogP contribution >= 0.6 is 0 Å². The van der Waals surface area contributed by atoms with Gasteiger partial charge in [0, 0.05) is 11.2 Å². The highest BCUT2D eigenvalue weighted by molar-refractivity contribution is 6.02. The summed E-state index contributed by atoms with van der Waals surface area (Å²) < 4.78 is 12.0. The van der Waals surface area contributed by atoms with Crippen LogP contribution in [0.1, 0.15) is 52.1 Å². The van der Waals surface area contributed by atoms with Gasteiger partial charge >= 0.3 is 0 Å². The van der Waals surface area contributed by atoms with E-state index in [1.54, 1.807) is 24.3 Å². The van der Waals surface area contributed by atoms with Gasteiger partial charge in [-0.1, -0.05) is 30.3 Å². The Labute approximate surface area is 228 Å². The summed E-state index contributed by atoms with van der Waals surface area (Å²) >= 11 is 0. The smallest absolute Gasteiger partial charge is 0.246 e. The zero-order valence-corrected chi connectivity index (χ0v) is 22.8. The van der Waals surface area contributed by atoms with Crippen molar-refractivity contribution in [2.75, 3.05) is 18.5 Å². The summed E-state index contributed by atoms with van der Waals surface area (Å²) in [5.74, 6) is -1.92. The van der Waals surface area contributed by atoms with Gasteiger partial charge in [-0.2, -0.15) is 0 Å². The van der Waals surface area contributed by atoms with Crippen LogP contribution in [0.3, 0.4) is 0 Å². The van der Waals surface area contributed by atoms with Gasteiger partial charge in [-0.15, -0.1) is 0 Å². The first kappa shape index (κ1) is 27.1. The molecule has 0 radical (unpaired) electrons. The van der Waals surface area contributed by atoms with Crippen LogP contribution in [0.4, 0.5) is 5.69 Å². The van der Waals surface area contributed by atoms with Crippen molar-refractivity contribution in [1.29, 1.82) is 0 Å². The fourth-order valence-corrected chi connectivity index (χ4v) is 6.52. The number of ether oxygens (including phenoxy) is 2. The Bertz CT molecular complexity index is 1230. The van der Waals surface area contributed by atoms with Crippen molar-refractivity contribution in [1.82, 2.24) is 10.2 Å². The number of nitrogens with zero attached hydrogens (tertiary/aromatic N) is 1. The van der Waals surface area contributed by atoms with Gasteiger partial charge in [-0.3, -0.25) is 14.4 Å². The molecule has 2 aromatic rings. The summed E-state index contributed by atoms with van der Waals surface area (Å²) in [6, 6.07) is 14.5. The number of nitrogens with one attached hydrogen (secondary N) is 2. The first-order valence-electron chi connectivity index (χ1n) is 13.6. The molecule has 5 rings (SSSR count). The van der Waals surface area contributed by atoms with E-state index in [-0.39, 0.29) is 24.3 Å². The van der Waals surface area contributed by atoms with Crippen molar-refractivity contribution in [3.8, 4) is 5.75 Å². The van der Waals surface area contributed by atoms with Gasteiger partial charge in [0.2, 0.25) is 17.7 Å². The molecule has 0 aromatic heterocycles. The van der Waals surface area contributed by atoms with Crippen LogP contribution in [0.5, 0.6) is 5.75 Å². The minimum atomic E-state index is -1.15. The number of amides is 3. The van der Waals surface area contributed by atoms with E-state index in [9.17, 15) is 19.5 Å². The SMILES string of the molecule is CCOc1ccc(NC(=O)[C@@H]2[C@@H]3CCC4(O3)C(C(=O)NC(C)(C)C)N([C@H](CO)c3ccccc3)C(=O)[C@H]24)cc1. The van der Waals surface area contributed by atoms with Crippen molar-refractivity contribution in [2.45, 2.75) is 69.9 Å². The molecule has 2 unspecified atom stereocenters. The average molecular weight is 536 g/mol. The largest absolute Gasteiger partial charge is 0.494 e. The predicted molar refractivity (Wildman–Crippen MR) is 145 cm³/mol. The van der Waals surface area contributed by atoms with E-state index in [1.165, 1.54) is 4.90 Å². The van der Waals surface area contributed by atoms with E-state index in [2.05, 4.69) is 10.6 Å². The van der Waals surface area contributed by atoms with E-state index in [0.29, 0.717) is 36.4 Å². The Morgan fingerprint density at radius 2 is 1.82 bits per heavy atom. The van der Waals surface area contributed by atoms with Crippen LogP contribution < -0.4 is 15.4 Å². The monoisotopic (exact) mass is 535 g/mol. The molecule has 0 saturated carbocycles. The topological polar surface area (TPSA) is 117 Å². The fourth-order valence-electron chi connectivity index (χ4n) is 6.52. The van der Waals surface area contributed by atoms with Gasteiger partial charge in [-0.05, 0) is 70.4 Å². The molecule has 9 nitrogen and oxygen atoms in total. The number of fused-ring (bicyclic) bond motifs is 1. The lowest BCUT2D eigenvalue weighted by atomic mass is 9.70. The summed E-state index contributed by atoms with van der Waals surface area (Å²) in [4.78, 5) is 43.3. The molecule has 9 heteroatoms. The Morgan fingerprint density at radius 1 is 1.13 bits per heavy atom. The van der Waals surface area contributed by atoms with Crippen LogP contribution in [-0.4, -0.2) is 64.2 Å². The lowest BCUT2D eigenvalue weighted by Gasteiger charge is -2.38. The molecule has 3 aliphatic rings. The molecule has 3 heterocycles. The number of likely N-dealkylation sites (tertiary alicyclic amines) is 1. The van der Waals surface area contributed by atoms with Crippen LogP contribution in [0, 0.1) is 11.8 Å². The summed E-state index contributed by atoms with van der Waals surface area (Å²) in [6.07, 6.45) is 0.568. The number of hydrogen-bond acceptors (Lipinski definition) is 6. The number of carbonyl (C=O) groups excluding carboxylic acids is 3. The van der Waals surface area contributed by atoms with Crippen molar-refractivity contribution in [3.05, 3.63) is 60.2 Å². The molecular weight excluding hydrogens is 498 g/mol. The zero-order chi connectivity index (χ0) is 27.9. The Kier molecular flexibility index (Phi) is 7.15. The summed E-state index contributed by atoms with van der Waals surface area (Å²) in [7, 11) is 0. The Balaban J connectivity index is 1.50. The van der Waals surface area contributed by atoms with Gasteiger partial charge < -0.3 is 30.1 Å². The quantitative estimate of drug-likeness (QED) is 0.478. The molecule has 2 bridgehead atoms. The van der Waals surface area contributed by atoms with Crippen LogP contribution in [0.15, 0.2) is 54.6 Å².